The third kappa shape index (κ3) is 1.21. The Morgan fingerprint density at radius 1 is 1.50 bits per heavy atom. The molecule has 1 aliphatic rings. The van der Waals surface area contributed by atoms with E-state index in [-0.39, 0.29) is 6.10 Å². The number of H-pyrrole nitrogens is 1. The van der Waals surface area contributed by atoms with Crippen LogP contribution in [-0.4, -0.2) is 24.3 Å². The van der Waals surface area contributed by atoms with Crippen molar-refractivity contribution in [2.75, 3.05) is 23.7 Å². The van der Waals surface area contributed by atoms with E-state index in [2.05, 4.69) is 9.88 Å². The minimum Gasteiger partial charge on any atom is -0.389 e. The largest absolute Gasteiger partial charge is 0.389 e. The van der Waals surface area contributed by atoms with Gasteiger partial charge in [-0.3, -0.25) is 5.73 Å². The van der Waals surface area contributed by atoms with Gasteiger partial charge in [-0.2, -0.15) is 0 Å². The van der Waals surface area contributed by atoms with Crippen LogP contribution < -0.4 is 15.6 Å². The number of aromatic nitrogens is 1. The number of aliphatic hydroxyl groups excluding tert-OH is 1. The van der Waals surface area contributed by atoms with Gasteiger partial charge in [0.15, 0.2) is 0 Å². The third-order valence-corrected chi connectivity index (χ3v) is 2.05. The Bertz CT molecular complexity index is 266. The van der Waals surface area contributed by atoms with Crippen LogP contribution in [0.4, 0.5) is 11.5 Å². The second-order valence-corrected chi connectivity index (χ2v) is 3.06. The number of nitrogens with two attached hydrogens (primary N) is 1. The molecule has 0 radical (unpaired) electrons. The summed E-state index contributed by atoms with van der Waals surface area (Å²) in [5.74, 6) is 0.653. The standard InChI is InChI=1S/C8H11N3O/c9-8-2-1-6(3-10-8)11-4-7(12)5-11/h1-3,7,12H,4-5H2,(H2,9,10)/p+1. The highest BCUT2D eigenvalue weighted by molar-refractivity contribution is 5.47. The molecule has 64 valence electrons. The van der Waals surface area contributed by atoms with Crippen LogP contribution in [0.25, 0.3) is 0 Å². The second-order valence-electron chi connectivity index (χ2n) is 3.06. The Labute approximate surface area is 70.6 Å². The minimum atomic E-state index is -0.164. The quantitative estimate of drug-likeness (QED) is 0.577. The van der Waals surface area contributed by atoms with Gasteiger partial charge >= 0.3 is 0 Å². The van der Waals surface area contributed by atoms with E-state index in [4.69, 9.17) is 10.8 Å². The number of pyridine rings is 1. The number of hydrogen-bond acceptors (Lipinski definition) is 3. The molecule has 0 atom stereocenters. The Morgan fingerprint density at radius 2 is 2.25 bits per heavy atom. The first kappa shape index (κ1) is 7.36. The molecule has 12 heavy (non-hydrogen) atoms. The van der Waals surface area contributed by atoms with Crippen molar-refractivity contribution in [1.29, 1.82) is 0 Å². The van der Waals surface area contributed by atoms with Gasteiger partial charge in [-0.15, -0.1) is 0 Å². The van der Waals surface area contributed by atoms with Crippen LogP contribution in [0, 0.1) is 0 Å². The highest BCUT2D eigenvalue weighted by Crippen LogP contribution is 2.18. The summed E-state index contributed by atoms with van der Waals surface area (Å²) >= 11 is 0. The lowest BCUT2D eigenvalue weighted by atomic mass is 10.1. The summed E-state index contributed by atoms with van der Waals surface area (Å²) in [6.07, 6.45) is 1.68. The fourth-order valence-corrected chi connectivity index (χ4v) is 1.29. The van der Waals surface area contributed by atoms with E-state index in [1.807, 2.05) is 18.3 Å². The average Bonchev–Trinajstić information content (AvgIpc) is 2.01. The summed E-state index contributed by atoms with van der Waals surface area (Å²) in [7, 11) is 0. The minimum absolute atomic E-state index is 0.164. The highest BCUT2D eigenvalue weighted by atomic mass is 16.3. The number of nitrogens with zero attached hydrogens (tertiary/aromatic N) is 1. The summed E-state index contributed by atoms with van der Waals surface area (Å²) in [5, 5.41) is 9.06. The van der Waals surface area contributed by atoms with Crippen molar-refractivity contribution in [2.24, 2.45) is 0 Å². The van der Waals surface area contributed by atoms with E-state index in [1.165, 1.54) is 0 Å². The monoisotopic (exact) mass is 166 g/mol. The van der Waals surface area contributed by atoms with E-state index < -0.39 is 0 Å². The number of aromatic amines is 1. The molecule has 0 unspecified atom stereocenters. The smallest absolute Gasteiger partial charge is 0.270 e. The highest BCUT2D eigenvalue weighted by Gasteiger charge is 2.24. The zero-order valence-corrected chi connectivity index (χ0v) is 6.70. The lowest BCUT2D eigenvalue weighted by Crippen LogP contribution is -2.51. The fourth-order valence-electron chi connectivity index (χ4n) is 1.29. The van der Waals surface area contributed by atoms with Crippen molar-refractivity contribution in [3.63, 3.8) is 0 Å². The number of nitrogens with one attached hydrogen (secondary N) is 1. The molecule has 1 aromatic heterocycles. The number of hydrogen-bond donors (Lipinski definition) is 2. The van der Waals surface area contributed by atoms with Crippen molar-refractivity contribution >= 4 is 11.5 Å². The van der Waals surface area contributed by atoms with Crippen molar-refractivity contribution in [3.8, 4) is 0 Å². The molecule has 0 aliphatic carbocycles. The summed E-state index contributed by atoms with van der Waals surface area (Å²) in [6.45, 7) is 1.44. The summed E-state index contributed by atoms with van der Waals surface area (Å²) in [5.41, 5.74) is 6.57. The van der Waals surface area contributed by atoms with Gasteiger partial charge in [0.2, 0.25) is 0 Å². The van der Waals surface area contributed by atoms with Gasteiger partial charge in [-0.25, -0.2) is 4.98 Å². The number of anilines is 2. The topological polar surface area (TPSA) is 63.6 Å². The van der Waals surface area contributed by atoms with Gasteiger partial charge in [0.05, 0.1) is 11.8 Å². The maximum Gasteiger partial charge on any atom is 0.270 e. The predicted molar refractivity (Wildman–Crippen MR) is 45.6 cm³/mol. The summed E-state index contributed by atoms with van der Waals surface area (Å²) in [4.78, 5) is 5.00. The van der Waals surface area contributed by atoms with Gasteiger partial charge in [0.1, 0.15) is 6.20 Å². The van der Waals surface area contributed by atoms with Crippen molar-refractivity contribution in [3.05, 3.63) is 18.3 Å². The van der Waals surface area contributed by atoms with E-state index >= 15 is 0 Å². The lowest BCUT2D eigenvalue weighted by Gasteiger charge is -2.37. The first-order valence-corrected chi connectivity index (χ1v) is 3.96. The molecule has 4 N–H and O–H groups in total. The molecule has 0 amide bonds. The van der Waals surface area contributed by atoms with Crippen molar-refractivity contribution < 1.29 is 10.1 Å². The van der Waals surface area contributed by atoms with E-state index in [1.54, 1.807) is 0 Å². The predicted octanol–water partition coefficient (Wildman–Crippen LogP) is -0.736. The molecule has 1 fully saturated rings. The van der Waals surface area contributed by atoms with Gasteiger partial charge < -0.3 is 10.0 Å². The molecule has 2 rings (SSSR count). The molecule has 2 heterocycles. The third-order valence-electron chi connectivity index (χ3n) is 2.05. The van der Waals surface area contributed by atoms with E-state index in [0.29, 0.717) is 5.82 Å². The first-order valence-electron chi connectivity index (χ1n) is 3.96. The lowest BCUT2D eigenvalue weighted by molar-refractivity contribution is -0.359. The van der Waals surface area contributed by atoms with Crippen LogP contribution in [0.3, 0.4) is 0 Å². The number of β-amino-alcohol motifs (C(OH)–C–C–N with tert-alkyl or cyclic N) is 1. The van der Waals surface area contributed by atoms with Gasteiger partial charge in [0.25, 0.3) is 5.82 Å². The fraction of sp³-hybridized carbons (Fsp3) is 0.375. The summed E-state index contributed by atoms with van der Waals surface area (Å²) < 4.78 is 0. The Balaban J connectivity index is 2.09. The first-order chi connectivity index (χ1) is 5.75. The Kier molecular flexibility index (Phi) is 1.62. The van der Waals surface area contributed by atoms with Gasteiger partial charge in [-0.1, -0.05) is 0 Å². The molecular formula is C8H12N3O+. The molecule has 4 nitrogen and oxygen atoms in total. The summed E-state index contributed by atoms with van der Waals surface area (Å²) in [6, 6.07) is 3.76. The maximum atomic E-state index is 9.06. The van der Waals surface area contributed by atoms with Crippen molar-refractivity contribution in [2.45, 2.75) is 6.10 Å². The molecule has 4 heteroatoms. The molecule has 1 aromatic rings. The maximum absolute atomic E-state index is 9.06. The molecule has 0 bridgehead atoms. The van der Waals surface area contributed by atoms with Crippen LogP contribution in [0.2, 0.25) is 0 Å². The zero-order chi connectivity index (χ0) is 8.55. The molecule has 1 aliphatic heterocycles. The molecule has 1 saturated heterocycles. The second kappa shape index (κ2) is 2.64. The Morgan fingerprint density at radius 3 is 2.75 bits per heavy atom. The van der Waals surface area contributed by atoms with E-state index in [9.17, 15) is 0 Å². The van der Waals surface area contributed by atoms with Crippen LogP contribution >= 0.6 is 0 Å². The van der Waals surface area contributed by atoms with Crippen LogP contribution in [0.1, 0.15) is 0 Å². The van der Waals surface area contributed by atoms with Crippen molar-refractivity contribution in [1.82, 2.24) is 0 Å². The normalized spacial score (nSPS) is 17.6. The molecule has 0 saturated carbocycles. The number of rotatable bonds is 1. The molecule has 0 aromatic carbocycles. The van der Waals surface area contributed by atoms with Crippen LogP contribution in [0.5, 0.6) is 0 Å². The van der Waals surface area contributed by atoms with Gasteiger partial charge in [-0.05, 0) is 6.07 Å². The molecular weight excluding hydrogens is 154 g/mol. The zero-order valence-electron chi connectivity index (χ0n) is 6.70. The van der Waals surface area contributed by atoms with E-state index in [0.717, 1.165) is 18.8 Å². The number of aliphatic hydroxyl groups is 1. The average molecular weight is 166 g/mol. The van der Waals surface area contributed by atoms with Gasteiger partial charge in [0, 0.05) is 19.2 Å². The molecule has 0 spiro atoms. The van der Waals surface area contributed by atoms with Crippen LogP contribution in [0.15, 0.2) is 18.3 Å². The number of nitrogen functional groups attached to an aromatic ring is 1. The Hall–Kier alpha value is -1.29. The van der Waals surface area contributed by atoms with Crippen LogP contribution in [-0.2, 0) is 0 Å². The SMILES string of the molecule is Nc1ccc(N2CC(O)C2)c[nH+]1.